The average molecular weight is 325 g/mol. The van der Waals surface area contributed by atoms with Crippen LogP contribution in [0.1, 0.15) is 13.8 Å². The number of benzene rings is 2. The van der Waals surface area contributed by atoms with Crippen molar-refractivity contribution in [1.29, 1.82) is 0 Å². The van der Waals surface area contributed by atoms with Crippen LogP contribution in [0.25, 0.3) is 0 Å². The molecule has 2 rings (SSSR count). The number of nitrogens with two attached hydrogens (primary N) is 1. The van der Waals surface area contributed by atoms with Crippen molar-refractivity contribution in [2.45, 2.75) is 13.8 Å². The fourth-order valence-corrected chi connectivity index (χ4v) is 2.37. The van der Waals surface area contributed by atoms with Crippen LogP contribution in [0.5, 0.6) is 11.5 Å². The SMILES string of the molecule is CCN(CC)c1cc(Cl)c(N)cc1Oc1ccc(Cl)cc1. The lowest BCUT2D eigenvalue weighted by Gasteiger charge is -2.24. The molecule has 2 N–H and O–H groups in total. The third-order valence-corrected chi connectivity index (χ3v) is 3.80. The molecule has 0 aliphatic rings. The molecule has 0 aliphatic carbocycles. The first-order chi connectivity index (χ1) is 10.0. The van der Waals surface area contributed by atoms with E-state index in [1.165, 1.54) is 0 Å². The summed E-state index contributed by atoms with van der Waals surface area (Å²) in [6.45, 7) is 5.88. The van der Waals surface area contributed by atoms with Gasteiger partial charge in [-0.1, -0.05) is 23.2 Å². The summed E-state index contributed by atoms with van der Waals surface area (Å²) in [5.41, 5.74) is 7.32. The van der Waals surface area contributed by atoms with Gasteiger partial charge in [0.1, 0.15) is 5.75 Å². The van der Waals surface area contributed by atoms with Gasteiger partial charge in [0.05, 0.1) is 16.4 Å². The van der Waals surface area contributed by atoms with Gasteiger partial charge in [-0.2, -0.15) is 0 Å². The number of nitrogens with zero attached hydrogens (tertiary/aromatic N) is 1. The normalized spacial score (nSPS) is 10.5. The molecule has 2 aromatic carbocycles. The molecule has 3 nitrogen and oxygen atoms in total. The molecule has 0 fully saturated rings. The topological polar surface area (TPSA) is 38.5 Å². The van der Waals surface area contributed by atoms with Gasteiger partial charge < -0.3 is 15.4 Å². The number of ether oxygens (including phenoxy) is 1. The molecular formula is C16H18Cl2N2O. The Labute approximate surface area is 135 Å². The molecule has 0 saturated carbocycles. The first-order valence-electron chi connectivity index (χ1n) is 6.82. The summed E-state index contributed by atoms with van der Waals surface area (Å²) in [7, 11) is 0. The molecule has 2 aromatic rings. The van der Waals surface area contributed by atoms with Crippen molar-refractivity contribution in [1.82, 2.24) is 0 Å². The van der Waals surface area contributed by atoms with E-state index in [9.17, 15) is 0 Å². The van der Waals surface area contributed by atoms with Gasteiger partial charge in [-0.3, -0.25) is 0 Å². The highest BCUT2D eigenvalue weighted by atomic mass is 35.5. The molecular weight excluding hydrogens is 307 g/mol. The molecule has 0 aromatic heterocycles. The predicted octanol–water partition coefficient (Wildman–Crippen LogP) is 5.21. The van der Waals surface area contributed by atoms with Gasteiger partial charge in [0, 0.05) is 24.2 Å². The van der Waals surface area contributed by atoms with Gasteiger partial charge in [0.15, 0.2) is 5.75 Å². The van der Waals surface area contributed by atoms with Gasteiger partial charge in [-0.15, -0.1) is 0 Å². The minimum atomic E-state index is 0.497. The van der Waals surface area contributed by atoms with E-state index in [0.29, 0.717) is 27.2 Å². The number of hydrogen-bond donors (Lipinski definition) is 1. The molecule has 0 bridgehead atoms. The lowest BCUT2D eigenvalue weighted by Crippen LogP contribution is -2.22. The summed E-state index contributed by atoms with van der Waals surface area (Å²) in [6, 6.07) is 10.8. The fourth-order valence-electron chi connectivity index (χ4n) is 2.08. The first-order valence-corrected chi connectivity index (χ1v) is 7.58. The average Bonchev–Trinajstić information content (AvgIpc) is 2.47. The summed E-state index contributed by atoms with van der Waals surface area (Å²) < 4.78 is 5.95. The monoisotopic (exact) mass is 324 g/mol. The Morgan fingerprint density at radius 1 is 1.05 bits per heavy atom. The molecule has 0 saturated heterocycles. The minimum absolute atomic E-state index is 0.497. The summed E-state index contributed by atoms with van der Waals surface area (Å²) in [6.07, 6.45) is 0. The molecule has 0 amide bonds. The van der Waals surface area contributed by atoms with Crippen molar-refractivity contribution in [3.05, 3.63) is 46.4 Å². The summed E-state index contributed by atoms with van der Waals surface area (Å²) >= 11 is 12.0. The number of halogens is 2. The molecule has 0 aliphatic heterocycles. The second-order valence-corrected chi connectivity index (χ2v) is 5.41. The molecule has 0 heterocycles. The van der Waals surface area contributed by atoms with Crippen molar-refractivity contribution < 1.29 is 4.74 Å². The van der Waals surface area contributed by atoms with Crippen LogP contribution >= 0.6 is 23.2 Å². The zero-order valence-electron chi connectivity index (χ0n) is 12.1. The van der Waals surface area contributed by atoms with Gasteiger partial charge in [0.25, 0.3) is 0 Å². The number of hydrogen-bond acceptors (Lipinski definition) is 3. The number of anilines is 2. The Morgan fingerprint density at radius 2 is 1.67 bits per heavy atom. The van der Waals surface area contributed by atoms with Gasteiger partial charge in [-0.25, -0.2) is 0 Å². The fraction of sp³-hybridized carbons (Fsp3) is 0.250. The highest BCUT2D eigenvalue weighted by molar-refractivity contribution is 6.33. The van der Waals surface area contributed by atoms with E-state index >= 15 is 0 Å². The second kappa shape index (κ2) is 6.92. The van der Waals surface area contributed by atoms with E-state index in [1.807, 2.05) is 18.2 Å². The van der Waals surface area contributed by atoms with Crippen molar-refractivity contribution in [2.75, 3.05) is 23.7 Å². The zero-order chi connectivity index (χ0) is 15.4. The van der Waals surface area contributed by atoms with E-state index in [2.05, 4.69) is 18.7 Å². The summed E-state index contributed by atoms with van der Waals surface area (Å²) in [5, 5.41) is 1.20. The first kappa shape index (κ1) is 15.8. The smallest absolute Gasteiger partial charge is 0.152 e. The molecule has 0 spiro atoms. The van der Waals surface area contributed by atoms with Crippen molar-refractivity contribution in [3.8, 4) is 11.5 Å². The lowest BCUT2D eigenvalue weighted by atomic mass is 10.2. The molecule has 0 unspecified atom stereocenters. The van der Waals surface area contributed by atoms with Crippen LogP contribution in [0, 0.1) is 0 Å². The van der Waals surface area contributed by atoms with E-state index in [1.54, 1.807) is 18.2 Å². The second-order valence-electron chi connectivity index (χ2n) is 4.57. The maximum Gasteiger partial charge on any atom is 0.152 e. The van der Waals surface area contributed by atoms with E-state index < -0.39 is 0 Å². The molecule has 112 valence electrons. The third kappa shape index (κ3) is 3.74. The van der Waals surface area contributed by atoms with Crippen LogP contribution in [0.2, 0.25) is 10.0 Å². The Morgan fingerprint density at radius 3 is 2.24 bits per heavy atom. The Balaban J connectivity index is 2.40. The van der Waals surface area contributed by atoms with Crippen molar-refractivity contribution in [3.63, 3.8) is 0 Å². The highest BCUT2D eigenvalue weighted by Gasteiger charge is 2.13. The van der Waals surface area contributed by atoms with Crippen LogP contribution < -0.4 is 15.4 Å². The quantitative estimate of drug-likeness (QED) is 0.767. The summed E-state index contributed by atoms with van der Waals surface area (Å²) in [4.78, 5) is 2.16. The van der Waals surface area contributed by atoms with Gasteiger partial charge in [-0.05, 0) is 44.2 Å². The highest BCUT2D eigenvalue weighted by Crippen LogP contribution is 2.38. The Kier molecular flexibility index (Phi) is 5.21. The Hall–Kier alpha value is -1.58. The third-order valence-electron chi connectivity index (χ3n) is 3.22. The predicted molar refractivity (Wildman–Crippen MR) is 91.0 cm³/mol. The van der Waals surface area contributed by atoms with Gasteiger partial charge in [0.2, 0.25) is 0 Å². The van der Waals surface area contributed by atoms with Crippen molar-refractivity contribution >= 4 is 34.6 Å². The molecule has 0 atom stereocenters. The number of rotatable bonds is 5. The van der Waals surface area contributed by atoms with Crippen LogP contribution in [-0.2, 0) is 0 Å². The van der Waals surface area contributed by atoms with Crippen LogP contribution in [-0.4, -0.2) is 13.1 Å². The maximum absolute atomic E-state index is 6.14. The standard InChI is InChI=1S/C16H18Cl2N2O/c1-3-20(4-2)15-9-13(18)14(19)10-16(15)21-12-7-5-11(17)6-8-12/h5-10H,3-4,19H2,1-2H3. The van der Waals surface area contributed by atoms with E-state index in [4.69, 9.17) is 33.7 Å². The lowest BCUT2D eigenvalue weighted by molar-refractivity contribution is 0.482. The maximum atomic E-state index is 6.14. The van der Waals surface area contributed by atoms with Crippen molar-refractivity contribution in [2.24, 2.45) is 0 Å². The zero-order valence-corrected chi connectivity index (χ0v) is 13.6. The van der Waals surface area contributed by atoms with Gasteiger partial charge >= 0.3 is 0 Å². The van der Waals surface area contributed by atoms with Crippen LogP contribution in [0.4, 0.5) is 11.4 Å². The van der Waals surface area contributed by atoms with Crippen LogP contribution in [0.15, 0.2) is 36.4 Å². The largest absolute Gasteiger partial charge is 0.455 e. The van der Waals surface area contributed by atoms with E-state index in [-0.39, 0.29) is 0 Å². The van der Waals surface area contributed by atoms with E-state index in [0.717, 1.165) is 18.8 Å². The van der Waals surface area contributed by atoms with Crippen LogP contribution in [0.3, 0.4) is 0 Å². The molecule has 21 heavy (non-hydrogen) atoms. The Bertz CT molecular complexity index is 610. The summed E-state index contributed by atoms with van der Waals surface area (Å²) in [5.74, 6) is 1.39. The molecule has 5 heteroatoms. The molecule has 0 radical (unpaired) electrons. The number of nitrogen functional groups attached to an aromatic ring is 1. The minimum Gasteiger partial charge on any atom is -0.455 e.